The number of carbonyl (C=O) groups is 1. The lowest BCUT2D eigenvalue weighted by Gasteiger charge is -2.23. The van der Waals surface area contributed by atoms with E-state index in [2.05, 4.69) is 15.3 Å². The summed E-state index contributed by atoms with van der Waals surface area (Å²) in [5.41, 5.74) is 0.862. The van der Waals surface area contributed by atoms with Gasteiger partial charge < -0.3 is 10.2 Å². The van der Waals surface area contributed by atoms with Crippen molar-refractivity contribution in [3.8, 4) is 0 Å². The van der Waals surface area contributed by atoms with Crippen molar-refractivity contribution in [3.63, 3.8) is 0 Å². The number of aryl methyl sites for hydroxylation is 1. The molecule has 0 aliphatic carbocycles. The zero-order chi connectivity index (χ0) is 14.8. The topological polar surface area (TPSA) is 58.1 Å². The highest BCUT2D eigenvalue weighted by molar-refractivity contribution is 7.13. The van der Waals surface area contributed by atoms with Gasteiger partial charge in [-0.05, 0) is 31.9 Å². The van der Waals surface area contributed by atoms with Crippen molar-refractivity contribution in [1.82, 2.24) is 14.9 Å². The van der Waals surface area contributed by atoms with Crippen molar-refractivity contribution in [2.75, 3.05) is 18.9 Å². The quantitative estimate of drug-likeness (QED) is 0.947. The van der Waals surface area contributed by atoms with Crippen LogP contribution in [-0.2, 0) is 0 Å². The van der Waals surface area contributed by atoms with Gasteiger partial charge in [0.05, 0.1) is 29.0 Å². The van der Waals surface area contributed by atoms with Crippen molar-refractivity contribution in [1.29, 1.82) is 0 Å². The van der Waals surface area contributed by atoms with Crippen LogP contribution in [0.3, 0.4) is 0 Å². The van der Waals surface area contributed by atoms with Crippen LogP contribution in [-0.4, -0.2) is 34.4 Å². The summed E-state index contributed by atoms with van der Waals surface area (Å²) >= 11 is 1.55. The van der Waals surface area contributed by atoms with Crippen molar-refractivity contribution < 1.29 is 4.79 Å². The predicted molar refractivity (Wildman–Crippen MR) is 83.6 cm³/mol. The van der Waals surface area contributed by atoms with Crippen molar-refractivity contribution in [2.24, 2.45) is 0 Å². The molecule has 0 spiro atoms. The second kappa shape index (κ2) is 5.81. The number of hydrogen-bond acceptors (Lipinski definition) is 5. The minimum Gasteiger partial charge on any atom is -0.372 e. The number of nitrogens with one attached hydrogen (secondary N) is 1. The van der Waals surface area contributed by atoms with Crippen molar-refractivity contribution >= 4 is 23.1 Å². The molecule has 0 saturated carbocycles. The molecule has 0 bridgehead atoms. The lowest BCUT2D eigenvalue weighted by atomic mass is 10.1. The monoisotopic (exact) mass is 302 g/mol. The van der Waals surface area contributed by atoms with E-state index in [9.17, 15) is 4.79 Å². The van der Waals surface area contributed by atoms with Crippen molar-refractivity contribution in [2.45, 2.75) is 25.8 Å². The molecule has 2 aromatic heterocycles. The van der Waals surface area contributed by atoms with Crippen LogP contribution in [0.15, 0.2) is 24.5 Å². The van der Waals surface area contributed by atoms with Crippen LogP contribution >= 0.6 is 11.3 Å². The average Bonchev–Trinajstić information content (AvgIpc) is 3.15. The smallest absolute Gasteiger partial charge is 0.264 e. The van der Waals surface area contributed by atoms with Crippen LogP contribution in [0.25, 0.3) is 0 Å². The van der Waals surface area contributed by atoms with Gasteiger partial charge >= 0.3 is 0 Å². The molecular weight excluding hydrogens is 284 g/mol. The molecule has 3 rings (SSSR count). The number of rotatable bonds is 3. The standard InChI is InChI=1S/C15H18N4OS/c1-10-5-6-13(21-10)15(20)19-7-3-4-12(19)11-8-17-9-14(16-2)18-11/h5-6,8-9,12H,3-4,7H2,1-2H3,(H,16,18)/t12-/m0/s1. The molecule has 5 nitrogen and oxygen atoms in total. The summed E-state index contributed by atoms with van der Waals surface area (Å²) in [5, 5.41) is 2.99. The number of nitrogens with zero attached hydrogens (tertiary/aromatic N) is 3. The number of carbonyl (C=O) groups excluding carboxylic acids is 1. The number of anilines is 1. The van der Waals surface area contributed by atoms with E-state index in [-0.39, 0.29) is 11.9 Å². The van der Waals surface area contributed by atoms with Gasteiger partial charge in [0.2, 0.25) is 0 Å². The Hall–Kier alpha value is -1.95. The first-order valence-corrected chi connectivity index (χ1v) is 7.88. The zero-order valence-electron chi connectivity index (χ0n) is 12.2. The van der Waals surface area contributed by atoms with E-state index in [1.807, 2.05) is 31.0 Å². The third-order valence-electron chi connectivity index (χ3n) is 3.72. The second-order valence-corrected chi connectivity index (χ2v) is 6.43. The highest BCUT2D eigenvalue weighted by Crippen LogP contribution is 2.33. The molecule has 0 unspecified atom stereocenters. The number of thiophene rings is 1. The van der Waals surface area contributed by atoms with Crippen LogP contribution in [0, 0.1) is 6.92 Å². The highest BCUT2D eigenvalue weighted by Gasteiger charge is 2.32. The first-order chi connectivity index (χ1) is 10.2. The van der Waals surface area contributed by atoms with Gasteiger partial charge in [0, 0.05) is 18.5 Å². The maximum Gasteiger partial charge on any atom is 0.264 e. The predicted octanol–water partition coefficient (Wildman–Crippen LogP) is 2.87. The minimum atomic E-state index is 0.0284. The molecule has 1 amide bonds. The Bertz CT molecular complexity index is 655. The van der Waals surface area contributed by atoms with E-state index in [4.69, 9.17) is 0 Å². The summed E-state index contributed by atoms with van der Waals surface area (Å²) in [6.45, 7) is 2.80. The minimum absolute atomic E-state index is 0.0284. The van der Waals surface area contributed by atoms with E-state index >= 15 is 0 Å². The Morgan fingerprint density at radius 2 is 2.29 bits per heavy atom. The first-order valence-electron chi connectivity index (χ1n) is 7.06. The zero-order valence-corrected chi connectivity index (χ0v) is 13.0. The lowest BCUT2D eigenvalue weighted by molar-refractivity contribution is 0.0737. The van der Waals surface area contributed by atoms with E-state index in [0.717, 1.165) is 40.7 Å². The fraction of sp³-hybridized carbons (Fsp3) is 0.400. The molecule has 0 aromatic carbocycles. The largest absolute Gasteiger partial charge is 0.372 e. The van der Waals surface area contributed by atoms with Gasteiger partial charge in [-0.3, -0.25) is 9.78 Å². The molecule has 1 fully saturated rings. The molecular formula is C15H18N4OS. The van der Waals surface area contributed by atoms with Gasteiger partial charge in [-0.2, -0.15) is 0 Å². The molecule has 1 aliphatic heterocycles. The molecule has 1 atom stereocenters. The van der Waals surface area contributed by atoms with Crippen LogP contribution in [0.4, 0.5) is 5.82 Å². The molecule has 1 aliphatic rings. The molecule has 21 heavy (non-hydrogen) atoms. The maximum absolute atomic E-state index is 12.7. The number of aromatic nitrogens is 2. The van der Waals surface area contributed by atoms with Gasteiger partial charge in [0.25, 0.3) is 5.91 Å². The fourth-order valence-electron chi connectivity index (χ4n) is 2.67. The summed E-state index contributed by atoms with van der Waals surface area (Å²) in [6.07, 6.45) is 5.40. The van der Waals surface area contributed by atoms with Crippen LogP contribution in [0.1, 0.15) is 39.1 Å². The van der Waals surface area contributed by atoms with Gasteiger partial charge in [-0.1, -0.05) is 0 Å². The summed E-state index contributed by atoms with van der Waals surface area (Å²) in [6, 6.07) is 3.93. The molecule has 3 heterocycles. The summed E-state index contributed by atoms with van der Waals surface area (Å²) < 4.78 is 0. The van der Waals surface area contributed by atoms with Crippen LogP contribution in [0.5, 0.6) is 0 Å². The van der Waals surface area contributed by atoms with Gasteiger partial charge in [0.1, 0.15) is 5.82 Å². The molecule has 2 aromatic rings. The fourth-order valence-corrected chi connectivity index (χ4v) is 3.49. The number of likely N-dealkylation sites (tertiary alicyclic amines) is 1. The van der Waals surface area contributed by atoms with Gasteiger partial charge in [-0.25, -0.2) is 4.98 Å². The summed E-state index contributed by atoms with van der Waals surface area (Å²) in [5.74, 6) is 0.839. The summed E-state index contributed by atoms with van der Waals surface area (Å²) in [4.78, 5) is 25.3. The van der Waals surface area contributed by atoms with E-state index in [1.165, 1.54) is 0 Å². The van der Waals surface area contributed by atoms with Crippen LogP contribution < -0.4 is 5.32 Å². The molecule has 6 heteroatoms. The molecule has 110 valence electrons. The molecule has 0 radical (unpaired) electrons. The van der Waals surface area contributed by atoms with Crippen LogP contribution in [0.2, 0.25) is 0 Å². The van der Waals surface area contributed by atoms with E-state index in [1.54, 1.807) is 23.7 Å². The Morgan fingerprint density at radius 3 is 3.00 bits per heavy atom. The second-order valence-electron chi connectivity index (χ2n) is 5.15. The Balaban J connectivity index is 1.86. The summed E-state index contributed by atoms with van der Waals surface area (Å²) in [7, 11) is 1.82. The Kier molecular flexibility index (Phi) is 3.88. The number of amides is 1. The van der Waals surface area contributed by atoms with Gasteiger partial charge in [-0.15, -0.1) is 11.3 Å². The lowest BCUT2D eigenvalue weighted by Crippen LogP contribution is -2.30. The third-order valence-corrected chi connectivity index (χ3v) is 4.70. The van der Waals surface area contributed by atoms with E-state index < -0.39 is 0 Å². The maximum atomic E-state index is 12.7. The average molecular weight is 302 g/mol. The Labute approximate surface area is 128 Å². The normalized spacial score (nSPS) is 18.0. The van der Waals surface area contributed by atoms with E-state index in [0.29, 0.717) is 0 Å². The van der Waals surface area contributed by atoms with Gasteiger partial charge in [0.15, 0.2) is 0 Å². The SMILES string of the molecule is CNc1cncc([C@@H]2CCCN2C(=O)c2ccc(C)s2)n1. The third kappa shape index (κ3) is 2.76. The molecule has 1 N–H and O–H groups in total. The highest BCUT2D eigenvalue weighted by atomic mass is 32.1. The molecule has 1 saturated heterocycles. The Morgan fingerprint density at radius 1 is 1.43 bits per heavy atom. The number of hydrogen-bond donors (Lipinski definition) is 1. The van der Waals surface area contributed by atoms with Crippen molar-refractivity contribution in [3.05, 3.63) is 40.0 Å². The first kappa shape index (κ1) is 14.0.